The number of hydrogen-bond acceptors (Lipinski definition) is 3. The molecule has 3 N–H and O–H groups in total. The molecule has 0 saturated carbocycles. The number of anilines is 1. The van der Waals surface area contributed by atoms with Gasteiger partial charge in [0.1, 0.15) is 0 Å². The summed E-state index contributed by atoms with van der Waals surface area (Å²) in [5.74, 6) is 0.789. The number of rotatable bonds is 5. The Bertz CT molecular complexity index is 640. The molecule has 0 spiro atoms. The molecule has 1 amide bonds. The highest BCUT2D eigenvalue weighted by Crippen LogP contribution is 2.29. The summed E-state index contributed by atoms with van der Waals surface area (Å²) >= 11 is 1.69. The Morgan fingerprint density at radius 3 is 2.67 bits per heavy atom. The predicted octanol–water partition coefficient (Wildman–Crippen LogP) is 3.62. The van der Waals surface area contributed by atoms with E-state index < -0.39 is 0 Å². The van der Waals surface area contributed by atoms with Gasteiger partial charge in [-0.1, -0.05) is 24.3 Å². The molecule has 110 valence electrons. The normalized spacial score (nSPS) is 10.4. The first kappa shape index (κ1) is 15.4. The van der Waals surface area contributed by atoms with E-state index in [2.05, 4.69) is 24.4 Å². The van der Waals surface area contributed by atoms with Crippen LogP contribution in [0.2, 0.25) is 0 Å². The van der Waals surface area contributed by atoms with E-state index in [0.29, 0.717) is 17.8 Å². The summed E-state index contributed by atoms with van der Waals surface area (Å²) in [5.41, 5.74) is 9.89. The van der Waals surface area contributed by atoms with E-state index in [0.717, 1.165) is 10.6 Å². The van der Waals surface area contributed by atoms with Crippen molar-refractivity contribution in [1.82, 2.24) is 5.32 Å². The lowest BCUT2D eigenvalue weighted by Crippen LogP contribution is -2.22. The summed E-state index contributed by atoms with van der Waals surface area (Å²) < 4.78 is 0. The highest BCUT2D eigenvalue weighted by molar-refractivity contribution is 7.98. The third-order valence-electron chi connectivity index (χ3n) is 3.25. The zero-order valence-corrected chi connectivity index (χ0v) is 13.2. The van der Waals surface area contributed by atoms with Gasteiger partial charge < -0.3 is 11.1 Å². The maximum Gasteiger partial charge on any atom is 0.251 e. The van der Waals surface area contributed by atoms with E-state index in [1.165, 1.54) is 11.1 Å². The molecule has 3 nitrogen and oxygen atoms in total. The monoisotopic (exact) mass is 300 g/mol. The van der Waals surface area contributed by atoms with Crippen molar-refractivity contribution in [3.63, 3.8) is 0 Å². The first-order valence-corrected chi connectivity index (χ1v) is 7.95. The van der Waals surface area contributed by atoms with Crippen molar-refractivity contribution in [1.29, 1.82) is 0 Å². The molecule has 0 fully saturated rings. The van der Waals surface area contributed by atoms with E-state index in [1.54, 1.807) is 17.8 Å². The second-order valence-corrected chi connectivity index (χ2v) is 5.84. The zero-order chi connectivity index (χ0) is 15.2. The van der Waals surface area contributed by atoms with Crippen LogP contribution in [0, 0.1) is 6.92 Å². The molecule has 0 aliphatic carbocycles. The number of amides is 1. The van der Waals surface area contributed by atoms with Gasteiger partial charge in [0.15, 0.2) is 0 Å². The summed E-state index contributed by atoms with van der Waals surface area (Å²) in [6, 6.07) is 13.8. The standard InChI is InChI=1S/C17H20N2OS/c1-3-19-17(20)13-8-9-16(15(18)10-13)21-11-14-7-5-4-6-12(14)2/h4-10H,3,11,18H2,1-2H3,(H,19,20). The Labute approximate surface area is 129 Å². The van der Waals surface area contributed by atoms with Crippen molar-refractivity contribution >= 4 is 23.4 Å². The van der Waals surface area contributed by atoms with Gasteiger partial charge >= 0.3 is 0 Å². The number of carbonyl (C=O) groups excluding carboxylic acids is 1. The molecule has 2 rings (SSSR count). The van der Waals surface area contributed by atoms with Gasteiger partial charge in [-0.15, -0.1) is 11.8 Å². The molecule has 0 aliphatic heterocycles. The summed E-state index contributed by atoms with van der Waals surface area (Å²) in [5, 5.41) is 2.77. The van der Waals surface area contributed by atoms with E-state index >= 15 is 0 Å². The maximum atomic E-state index is 11.8. The Hall–Kier alpha value is -1.94. The van der Waals surface area contributed by atoms with Crippen LogP contribution < -0.4 is 11.1 Å². The third kappa shape index (κ3) is 4.02. The average molecular weight is 300 g/mol. The number of carbonyl (C=O) groups is 1. The van der Waals surface area contributed by atoms with E-state index in [-0.39, 0.29) is 5.91 Å². The van der Waals surface area contributed by atoms with Gasteiger partial charge in [-0.05, 0) is 43.2 Å². The molecule has 0 atom stereocenters. The molecule has 0 saturated heterocycles. The van der Waals surface area contributed by atoms with Gasteiger partial charge in [0.05, 0.1) is 0 Å². The predicted molar refractivity (Wildman–Crippen MR) is 89.6 cm³/mol. The Kier molecular flexibility index (Phi) is 5.28. The van der Waals surface area contributed by atoms with Crippen molar-refractivity contribution in [3.05, 3.63) is 59.2 Å². The summed E-state index contributed by atoms with van der Waals surface area (Å²) in [6.45, 7) is 4.62. The smallest absolute Gasteiger partial charge is 0.251 e. The molecule has 0 aromatic heterocycles. The lowest BCUT2D eigenvalue weighted by atomic mass is 10.1. The van der Waals surface area contributed by atoms with Crippen LogP contribution in [-0.4, -0.2) is 12.5 Å². The second-order valence-electron chi connectivity index (χ2n) is 4.83. The molecule has 0 unspecified atom stereocenters. The van der Waals surface area contributed by atoms with E-state index in [1.807, 2.05) is 31.2 Å². The molecular weight excluding hydrogens is 280 g/mol. The number of nitrogens with one attached hydrogen (secondary N) is 1. The highest BCUT2D eigenvalue weighted by atomic mass is 32.2. The molecule has 0 aliphatic rings. The zero-order valence-electron chi connectivity index (χ0n) is 12.3. The van der Waals surface area contributed by atoms with Crippen LogP contribution in [0.1, 0.15) is 28.4 Å². The van der Waals surface area contributed by atoms with E-state index in [9.17, 15) is 4.79 Å². The van der Waals surface area contributed by atoms with Crippen LogP contribution in [-0.2, 0) is 5.75 Å². The van der Waals surface area contributed by atoms with Crippen molar-refractivity contribution in [3.8, 4) is 0 Å². The number of benzene rings is 2. The molecule has 0 bridgehead atoms. The average Bonchev–Trinajstić information content (AvgIpc) is 2.47. The third-order valence-corrected chi connectivity index (χ3v) is 4.39. The molecule has 2 aromatic carbocycles. The van der Waals surface area contributed by atoms with Crippen molar-refractivity contribution in [2.24, 2.45) is 0 Å². The highest BCUT2D eigenvalue weighted by Gasteiger charge is 2.08. The lowest BCUT2D eigenvalue weighted by molar-refractivity contribution is 0.0956. The number of nitrogens with two attached hydrogens (primary N) is 1. The maximum absolute atomic E-state index is 11.8. The van der Waals surface area contributed by atoms with Crippen LogP contribution in [0.25, 0.3) is 0 Å². The molecule has 0 heterocycles. The Morgan fingerprint density at radius 2 is 2.00 bits per heavy atom. The topological polar surface area (TPSA) is 55.1 Å². The fourth-order valence-electron chi connectivity index (χ4n) is 2.01. The van der Waals surface area contributed by atoms with Crippen molar-refractivity contribution < 1.29 is 4.79 Å². The minimum Gasteiger partial charge on any atom is -0.398 e. The Morgan fingerprint density at radius 1 is 1.24 bits per heavy atom. The molecular formula is C17H20N2OS. The largest absolute Gasteiger partial charge is 0.398 e. The summed E-state index contributed by atoms with van der Waals surface area (Å²) in [7, 11) is 0. The molecule has 21 heavy (non-hydrogen) atoms. The minimum absolute atomic E-state index is 0.0837. The number of nitrogen functional groups attached to an aromatic ring is 1. The van der Waals surface area contributed by atoms with Crippen LogP contribution >= 0.6 is 11.8 Å². The van der Waals surface area contributed by atoms with Crippen LogP contribution in [0.15, 0.2) is 47.4 Å². The quantitative estimate of drug-likeness (QED) is 0.655. The molecule has 2 aromatic rings. The van der Waals surface area contributed by atoms with Gasteiger partial charge in [0.2, 0.25) is 0 Å². The first-order chi connectivity index (χ1) is 10.1. The van der Waals surface area contributed by atoms with Crippen LogP contribution in [0.5, 0.6) is 0 Å². The fourth-order valence-corrected chi connectivity index (χ4v) is 3.04. The SMILES string of the molecule is CCNC(=O)c1ccc(SCc2ccccc2C)c(N)c1. The van der Waals surface area contributed by atoms with E-state index in [4.69, 9.17) is 5.73 Å². The van der Waals surface area contributed by atoms with Gasteiger partial charge in [-0.2, -0.15) is 0 Å². The second kappa shape index (κ2) is 7.18. The van der Waals surface area contributed by atoms with Crippen molar-refractivity contribution in [2.45, 2.75) is 24.5 Å². The fraction of sp³-hybridized carbons (Fsp3) is 0.235. The Balaban J connectivity index is 2.08. The number of hydrogen-bond donors (Lipinski definition) is 2. The number of aryl methyl sites for hydroxylation is 1. The van der Waals surface area contributed by atoms with Gasteiger partial charge in [0.25, 0.3) is 5.91 Å². The van der Waals surface area contributed by atoms with Gasteiger partial charge in [-0.3, -0.25) is 4.79 Å². The van der Waals surface area contributed by atoms with Gasteiger partial charge in [-0.25, -0.2) is 0 Å². The minimum atomic E-state index is -0.0837. The van der Waals surface area contributed by atoms with Crippen molar-refractivity contribution in [2.75, 3.05) is 12.3 Å². The molecule has 4 heteroatoms. The van der Waals surface area contributed by atoms with Gasteiger partial charge in [0, 0.05) is 28.4 Å². The molecule has 0 radical (unpaired) electrons. The van der Waals surface area contributed by atoms with Crippen LogP contribution in [0.4, 0.5) is 5.69 Å². The number of thioether (sulfide) groups is 1. The first-order valence-electron chi connectivity index (χ1n) is 6.97. The lowest BCUT2D eigenvalue weighted by Gasteiger charge is -2.09. The summed E-state index contributed by atoms with van der Waals surface area (Å²) in [6.07, 6.45) is 0. The summed E-state index contributed by atoms with van der Waals surface area (Å²) in [4.78, 5) is 12.8. The van der Waals surface area contributed by atoms with Crippen LogP contribution in [0.3, 0.4) is 0 Å².